The lowest BCUT2D eigenvalue weighted by Gasteiger charge is -2.10. The summed E-state index contributed by atoms with van der Waals surface area (Å²) in [6.07, 6.45) is 1.66. The second-order valence-corrected chi connectivity index (χ2v) is 5.10. The summed E-state index contributed by atoms with van der Waals surface area (Å²) in [6, 6.07) is 7.08. The maximum atomic E-state index is 11.8. The molecule has 2 aromatic rings. The first-order chi connectivity index (χ1) is 9.13. The van der Waals surface area contributed by atoms with Crippen LogP contribution in [0.25, 0.3) is 0 Å². The van der Waals surface area contributed by atoms with E-state index in [1.165, 1.54) is 4.68 Å². The van der Waals surface area contributed by atoms with Gasteiger partial charge in [-0.25, -0.2) is 4.68 Å². The fraction of sp³-hybridized carbons (Fsp3) is 0.231. The molecule has 19 heavy (non-hydrogen) atoms. The van der Waals surface area contributed by atoms with E-state index in [1.54, 1.807) is 26.5 Å². The van der Waals surface area contributed by atoms with Gasteiger partial charge in [0.25, 0.3) is 5.56 Å². The standard InChI is InChI=1S/C13H13IN2O3/c1-18-11-4-3-9(5-12(11)19-2)8-16-13(17)6-10(14)7-15-16/h3-7H,8H2,1-2H3. The van der Waals surface area contributed by atoms with Crippen LogP contribution in [-0.2, 0) is 6.54 Å². The average Bonchev–Trinajstić information content (AvgIpc) is 2.41. The van der Waals surface area contributed by atoms with E-state index in [4.69, 9.17) is 9.47 Å². The first kappa shape index (κ1) is 13.9. The van der Waals surface area contributed by atoms with Gasteiger partial charge in [0.1, 0.15) is 0 Å². The van der Waals surface area contributed by atoms with Crippen LogP contribution in [0.4, 0.5) is 0 Å². The van der Waals surface area contributed by atoms with Crippen LogP contribution in [0.2, 0.25) is 0 Å². The van der Waals surface area contributed by atoms with Crippen molar-refractivity contribution in [1.82, 2.24) is 9.78 Å². The van der Waals surface area contributed by atoms with Crippen LogP contribution in [0, 0.1) is 3.57 Å². The maximum absolute atomic E-state index is 11.8. The average molecular weight is 372 g/mol. The Balaban J connectivity index is 2.30. The summed E-state index contributed by atoms with van der Waals surface area (Å²) in [7, 11) is 3.17. The molecule has 1 aromatic heterocycles. The molecule has 2 rings (SSSR count). The predicted molar refractivity (Wildman–Crippen MR) is 79.9 cm³/mol. The second kappa shape index (κ2) is 6.05. The smallest absolute Gasteiger partial charge is 0.268 e. The first-order valence-corrected chi connectivity index (χ1v) is 6.65. The summed E-state index contributed by atoms with van der Waals surface area (Å²) >= 11 is 2.06. The van der Waals surface area contributed by atoms with Crippen molar-refractivity contribution < 1.29 is 9.47 Å². The van der Waals surface area contributed by atoms with Crippen LogP contribution >= 0.6 is 22.6 Å². The minimum Gasteiger partial charge on any atom is -0.493 e. The molecule has 0 unspecified atom stereocenters. The van der Waals surface area contributed by atoms with Crippen LogP contribution in [-0.4, -0.2) is 24.0 Å². The Hall–Kier alpha value is -1.57. The van der Waals surface area contributed by atoms with Crippen LogP contribution in [0.3, 0.4) is 0 Å². The number of hydrogen-bond donors (Lipinski definition) is 0. The van der Waals surface area contributed by atoms with E-state index >= 15 is 0 Å². The van der Waals surface area contributed by atoms with Crippen molar-refractivity contribution >= 4 is 22.6 Å². The molecule has 0 N–H and O–H groups in total. The number of nitrogens with zero attached hydrogens (tertiary/aromatic N) is 2. The molecule has 100 valence electrons. The number of halogens is 1. The Bertz CT molecular complexity index is 640. The molecule has 0 saturated heterocycles. The van der Waals surface area contributed by atoms with Crippen molar-refractivity contribution in [3.63, 3.8) is 0 Å². The van der Waals surface area contributed by atoms with Crippen molar-refractivity contribution in [1.29, 1.82) is 0 Å². The van der Waals surface area contributed by atoms with Crippen LogP contribution in [0.15, 0.2) is 35.3 Å². The topological polar surface area (TPSA) is 53.4 Å². The molecule has 0 aliphatic carbocycles. The van der Waals surface area contributed by atoms with E-state index in [1.807, 2.05) is 18.2 Å². The van der Waals surface area contributed by atoms with E-state index < -0.39 is 0 Å². The SMILES string of the molecule is COc1ccc(Cn2ncc(I)cc2=O)cc1OC. The first-order valence-electron chi connectivity index (χ1n) is 5.57. The second-order valence-electron chi connectivity index (χ2n) is 3.86. The molecule has 0 saturated carbocycles. The van der Waals surface area contributed by atoms with Gasteiger partial charge in [0.15, 0.2) is 11.5 Å². The summed E-state index contributed by atoms with van der Waals surface area (Å²) in [5.74, 6) is 1.30. The van der Waals surface area contributed by atoms with Gasteiger partial charge in [0.2, 0.25) is 0 Å². The van der Waals surface area contributed by atoms with E-state index in [-0.39, 0.29) is 5.56 Å². The Morgan fingerprint density at radius 3 is 2.58 bits per heavy atom. The van der Waals surface area contributed by atoms with Gasteiger partial charge in [-0.1, -0.05) is 6.07 Å². The Kier molecular flexibility index (Phi) is 4.41. The van der Waals surface area contributed by atoms with Gasteiger partial charge in [-0.05, 0) is 40.3 Å². The van der Waals surface area contributed by atoms with Gasteiger partial charge in [-0.15, -0.1) is 0 Å². The highest BCUT2D eigenvalue weighted by Gasteiger charge is 2.06. The summed E-state index contributed by atoms with van der Waals surface area (Å²) in [6.45, 7) is 0.399. The highest BCUT2D eigenvalue weighted by Crippen LogP contribution is 2.27. The van der Waals surface area contributed by atoms with Gasteiger partial charge < -0.3 is 9.47 Å². The summed E-state index contributed by atoms with van der Waals surface area (Å²) < 4.78 is 12.6. The Morgan fingerprint density at radius 2 is 1.95 bits per heavy atom. The highest BCUT2D eigenvalue weighted by molar-refractivity contribution is 14.1. The van der Waals surface area contributed by atoms with Crippen LogP contribution < -0.4 is 15.0 Å². The van der Waals surface area contributed by atoms with E-state index in [2.05, 4.69) is 27.7 Å². The van der Waals surface area contributed by atoms with Gasteiger partial charge in [-0.3, -0.25) is 4.79 Å². The molecule has 0 aliphatic rings. The summed E-state index contributed by atoms with van der Waals surface area (Å²) in [4.78, 5) is 11.8. The lowest BCUT2D eigenvalue weighted by Crippen LogP contribution is -2.22. The molecular weight excluding hydrogens is 359 g/mol. The molecule has 1 aromatic carbocycles. The zero-order valence-corrected chi connectivity index (χ0v) is 12.7. The minimum atomic E-state index is -0.123. The van der Waals surface area contributed by atoms with Crippen LogP contribution in [0.5, 0.6) is 11.5 Å². The van der Waals surface area contributed by atoms with Crippen molar-refractivity contribution in [2.45, 2.75) is 6.54 Å². The third-order valence-corrected chi connectivity index (χ3v) is 3.21. The van der Waals surface area contributed by atoms with Gasteiger partial charge >= 0.3 is 0 Å². The fourth-order valence-corrected chi connectivity index (χ4v) is 2.07. The predicted octanol–water partition coefficient (Wildman–Crippen LogP) is 1.91. The molecular formula is C13H13IN2O3. The quantitative estimate of drug-likeness (QED) is 0.770. The largest absolute Gasteiger partial charge is 0.493 e. The molecule has 0 spiro atoms. The van der Waals surface area contributed by atoms with E-state index in [0.29, 0.717) is 18.0 Å². The summed E-state index contributed by atoms with van der Waals surface area (Å²) in [5.41, 5.74) is 0.801. The Morgan fingerprint density at radius 1 is 1.21 bits per heavy atom. The molecule has 5 nitrogen and oxygen atoms in total. The number of benzene rings is 1. The molecule has 0 radical (unpaired) electrons. The highest BCUT2D eigenvalue weighted by atomic mass is 127. The number of ether oxygens (including phenoxy) is 2. The van der Waals surface area contributed by atoms with Crippen LogP contribution in [0.1, 0.15) is 5.56 Å². The molecule has 6 heteroatoms. The van der Waals surface area contributed by atoms with Crippen molar-refractivity contribution in [3.8, 4) is 11.5 Å². The molecule has 0 amide bonds. The number of rotatable bonds is 4. The normalized spacial score (nSPS) is 10.3. The van der Waals surface area contributed by atoms with Gasteiger partial charge in [-0.2, -0.15) is 5.10 Å². The monoisotopic (exact) mass is 372 g/mol. The third-order valence-electron chi connectivity index (χ3n) is 2.62. The van der Waals surface area contributed by atoms with Crippen molar-refractivity contribution in [2.24, 2.45) is 0 Å². The molecule has 0 fully saturated rings. The van der Waals surface area contributed by atoms with Crippen molar-refractivity contribution in [3.05, 3.63) is 49.9 Å². The zero-order valence-electron chi connectivity index (χ0n) is 10.6. The van der Waals surface area contributed by atoms with Gasteiger partial charge in [0.05, 0.1) is 27.0 Å². The lowest BCUT2D eigenvalue weighted by molar-refractivity contribution is 0.354. The molecule has 0 atom stereocenters. The number of hydrogen-bond acceptors (Lipinski definition) is 4. The minimum absolute atomic E-state index is 0.123. The van der Waals surface area contributed by atoms with E-state index in [9.17, 15) is 4.79 Å². The molecule has 0 bridgehead atoms. The zero-order chi connectivity index (χ0) is 13.8. The third kappa shape index (κ3) is 3.25. The number of aromatic nitrogens is 2. The maximum Gasteiger partial charge on any atom is 0.268 e. The van der Waals surface area contributed by atoms with E-state index in [0.717, 1.165) is 9.13 Å². The lowest BCUT2D eigenvalue weighted by atomic mass is 10.2. The van der Waals surface area contributed by atoms with Gasteiger partial charge in [0, 0.05) is 9.64 Å². The fourth-order valence-electron chi connectivity index (χ4n) is 1.68. The summed E-state index contributed by atoms with van der Waals surface area (Å²) in [5, 5.41) is 4.10. The van der Waals surface area contributed by atoms with Crippen molar-refractivity contribution in [2.75, 3.05) is 14.2 Å². The molecule has 0 aliphatic heterocycles. The molecule has 1 heterocycles. The Labute approximate surface area is 124 Å². The number of methoxy groups -OCH3 is 2.